The third kappa shape index (κ3) is 3.11. The van der Waals surface area contributed by atoms with Gasteiger partial charge in [0.25, 0.3) is 0 Å². The Labute approximate surface area is 148 Å². The maximum Gasteiger partial charge on any atom is 0.154 e. The van der Waals surface area contributed by atoms with Gasteiger partial charge in [0, 0.05) is 40.8 Å². The summed E-state index contributed by atoms with van der Waals surface area (Å²) in [7, 11) is 0. The SMILES string of the molecule is OCC#Cc1csc(-c2nccn2-c2cccc(-c3ccn[nH]3)c2)c1. The van der Waals surface area contributed by atoms with Crippen LogP contribution in [0.5, 0.6) is 0 Å². The maximum absolute atomic E-state index is 8.82. The largest absolute Gasteiger partial charge is 0.384 e. The Balaban J connectivity index is 1.73. The molecule has 4 aromatic rings. The highest BCUT2D eigenvalue weighted by atomic mass is 32.1. The summed E-state index contributed by atoms with van der Waals surface area (Å²) in [6.45, 7) is -0.139. The lowest BCUT2D eigenvalue weighted by molar-refractivity contribution is 0.350. The number of aliphatic hydroxyl groups is 1. The summed E-state index contributed by atoms with van der Waals surface area (Å²) in [5.74, 6) is 6.46. The fraction of sp³-hybridized carbons (Fsp3) is 0.0526. The van der Waals surface area contributed by atoms with Crippen molar-refractivity contribution >= 4 is 11.3 Å². The number of nitrogens with zero attached hydrogens (tertiary/aromatic N) is 3. The minimum absolute atomic E-state index is 0.139. The monoisotopic (exact) mass is 346 g/mol. The predicted molar refractivity (Wildman–Crippen MR) is 98.4 cm³/mol. The molecule has 2 N–H and O–H groups in total. The predicted octanol–water partition coefficient (Wildman–Crippen LogP) is 3.33. The van der Waals surface area contributed by atoms with Gasteiger partial charge in [-0.05, 0) is 24.3 Å². The molecule has 6 heteroatoms. The van der Waals surface area contributed by atoms with Gasteiger partial charge in [0.05, 0.1) is 10.6 Å². The average Bonchev–Trinajstić information content (AvgIpc) is 3.41. The molecule has 122 valence electrons. The molecule has 0 saturated heterocycles. The van der Waals surface area contributed by atoms with Crippen LogP contribution in [0.1, 0.15) is 5.56 Å². The van der Waals surface area contributed by atoms with Crippen molar-refractivity contribution in [1.82, 2.24) is 19.7 Å². The molecule has 5 nitrogen and oxygen atoms in total. The summed E-state index contributed by atoms with van der Waals surface area (Å²) in [4.78, 5) is 5.53. The second kappa shape index (κ2) is 6.77. The Morgan fingerprint density at radius 3 is 3.00 bits per heavy atom. The minimum Gasteiger partial charge on any atom is -0.384 e. The van der Waals surface area contributed by atoms with E-state index in [1.54, 1.807) is 23.7 Å². The first-order valence-corrected chi connectivity index (χ1v) is 8.55. The smallest absolute Gasteiger partial charge is 0.154 e. The number of H-pyrrole nitrogens is 1. The van der Waals surface area contributed by atoms with Crippen LogP contribution < -0.4 is 0 Å². The molecular weight excluding hydrogens is 332 g/mol. The zero-order valence-electron chi connectivity index (χ0n) is 13.2. The number of benzene rings is 1. The van der Waals surface area contributed by atoms with Gasteiger partial charge in [0.2, 0.25) is 0 Å². The van der Waals surface area contributed by atoms with E-state index in [1.165, 1.54) is 0 Å². The van der Waals surface area contributed by atoms with Gasteiger partial charge in [-0.15, -0.1) is 11.3 Å². The van der Waals surface area contributed by atoms with E-state index in [1.807, 2.05) is 41.9 Å². The molecule has 4 rings (SSSR count). The van der Waals surface area contributed by atoms with Crippen molar-refractivity contribution in [3.8, 4) is 39.5 Å². The van der Waals surface area contributed by atoms with E-state index in [4.69, 9.17) is 5.11 Å². The Hall–Kier alpha value is -3.14. The molecule has 0 bridgehead atoms. The number of rotatable bonds is 3. The van der Waals surface area contributed by atoms with Crippen LogP contribution >= 0.6 is 11.3 Å². The lowest BCUT2D eigenvalue weighted by Crippen LogP contribution is -1.95. The number of imidazole rings is 1. The normalized spacial score (nSPS) is 10.4. The van der Waals surface area contributed by atoms with Crippen LogP contribution in [0.4, 0.5) is 0 Å². The molecule has 3 aromatic heterocycles. The van der Waals surface area contributed by atoms with E-state index in [0.717, 1.165) is 33.2 Å². The van der Waals surface area contributed by atoms with E-state index >= 15 is 0 Å². The molecule has 0 aliphatic heterocycles. The molecule has 0 fully saturated rings. The minimum atomic E-state index is -0.139. The first-order valence-electron chi connectivity index (χ1n) is 7.67. The van der Waals surface area contributed by atoms with Gasteiger partial charge in [0.1, 0.15) is 6.61 Å². The number of aromatic nitrogens is 4. The van der Waals surface area contributed by atoms with Gasteiger partial charge in [-0.25, -0.2) is 4.98 Å². The molecule has 25 heavy (non-hydrogen) atoms. The van der Waals surface area contributed by atoms with Crippen LogP contribution in [0.25, 0.3) is 27.6 Å². The summed E-state index contributed by atoms with van der Waals surface area (Å²) >= 11 is 1.58. The molecule has 0 atom stereocenters. The molecule has 0 unspecified atom stereocenters. The van der Waals surface area contributed by atoms with Crippen molar-refractivity contribution in [2.45, 2.75) is 0 Å². The van der Waals surface area contributed by atoms with Gasteiger partial charge in [-0.1, -0.05) is 24.0 Å². The van der Waals surface area contributed by atoms with Crippen LogP contribution in [0.15, 0.2) is 60.4 Å². The van der Waals surface area contributed by atoms with Crippen LogP contribution in [0, 0.1) is 11.8 Å². The fourth-order valence-electron chi connectivity index (χ4n) is 2.59. The summed E-state index contributed by atoms with van der Waals surface area (Å²) in [5, 5.41) is 17.8. The molecule has 0 saturated carbocycles. The highest BCUT2D eigenvalue weighted by Crippen LogP contribution is 2.29. The lowest BCUT2D eigenvalue weighted by atomic mass is 10.1. The molecule has 0 aliphatic rings. The zero-order chi connectivity index (χ0) is 17.1. The number of aromatic amines is 1. The second-order valence-corrected chi connectivity index (χ2v) is 6.21. The van der Waals surface area contributed by atoms with Crippen LogP contribution in [-0.4, -0.2) is 31.5 Å². The van der Waals surface area contributed by atoms with Crippen molar-refractivity contribution < 1.29 is 5.11 Å². The summed E-state index contributed by atoms with van der Waals surface area (Å²) in [6, 6.07) is 12.1. The van der Waals surface area contributed by atoms with E-state index in [-0.39, 0.29) is 6.61 Å². The summed E-state index contributed by atoms with van der Waals surface area (Å²) in [6.07, 6.45) is 5.47. The van der Waals surface area contributed by atoms with Crippen molar-refractivity contribution in [3.63, 3.8) is 0 Å². The molecule has 0 aliphatic carbocycles. The molecule has 3 heterocycles. The summed E-state index contributed by atoms with van der Waals surface area (Å²) in [5.41, 5.74) is 3.95. The van der Waals surface area contributed by atoms with Gasteiger partial charge in [0.15, 0.2) is 5.82 Å². The van der Waals surface area contributed by atoms with E-state index < -0.39 is 0 Å². The van der Waals surface area contributed by atoms with Crippen molar-refractivity contribution in [2.75, 3.05) is 6.61 Å². The molecule has 1 aromatic carbocycles. The van der Waals surface area contributed by atoms with Crippen molar-refractivity contribution in [2.24, 2.45) is 0 Å². The van der Waals surface area contributed by atoms with E-state index in [9.17, 15) is 0 Å². The average molecular weight is 346 g/mol. The lowest BCUT2D eigenvalue weighted by Gasteiger charge is -2.08. The topological polar surface area (TPSA) is 66.7 Å². The fourth-order valence-corrected chi connectivity index (χ4v) is 3.43. The van der Waals surface area contributed by atoms with Crippen LogP contribution in [0.2, 0.25) is 0 Å². The van der Waals surface area contributed by atoms with Crippen molar-refractivity contribution in [1.29, 1.82) is 0 Å². The highest BCUT2D eigenvalue weighted by Gasteiger charge is 2.11. The number of aliphatic hydroxyl groups excluding tert-OH is 1. The third-order valence-electron chi connectivity index (χ3n) is 3.71. The van der Waals surface area contributed by atoms with Gasteiger partial charge >= 0.3 is 0 Å². The number of hydrogen-bond acceptors (Lipinski definition) is 4. The zero-order valence-corrected chi connectivity index (χ0v) is 14.0. The standard InChI is InChI=1S/C19H14N4OS/c24-10-2-3-14-11-18(25-13-14)19-20-8-9-23(19)16-5-1-4-15(12-16)17-6-7-21-22-17/h1,4-9,11-13,24H,10H2,(H,21,22). The third-order valence-corrected chi connectivity index (χ3v) is 4.63. The van der Waals surface area contributed by atoms with Gasteiger partial charge in [-0.2, -0.15) is 5.10 Å². The number of hydrogen-bond donors (Lipinski definition) is 2. The first kappa shape index (κ1) is 15.4. The first-order chi connectivity index (χ1) is 12.3. The maximum atomic E-state index is 8.82. The molecular formula is C19H14N4OS. The Kier molecular flexibility index (Phi) is 4.17. The number of nitrogens with one attached hydrogen (secondary N) is 1. The van der Waals surface area contributed by atoms with Crippen LogP contribution in [-0.2, 0) is 0 Å². The van der Waals surface area contributed by atoms with Gasteiger partial charge < -0.3 is 5.11 Å². The van der Waals surface area contributed by atoms with Crippen LogP contribution in [0.3, 0.4) is 0 Å². The Bertz CT molecular complexity index is 1050. The molecule has 0 spiro atoms. The molecule has 0 amide bonds. The summed E-state index contributed by atoms with van der Waals surface area (Å²) < 4.78 is 2.05. The second-order valence-electron chi connectivity index (χ2n) is 5.30. The van der Waals surface area contributed by atoms with E-state index in [0.29, 0.717) is 0 Å². The highest BCUT2D eigenvalue weighted by molar-refractivity contribution is 7.13. The van der Waals surface area contributed by atoms with Crippen molar-refractivity contribution in [3.05, 3.63) is 65.9 Å². The Morgan fingerprint density at radius 1 is 1.20 bits per heavy atom. The quantitative estimate of drug-likeness (QED) is 0.559. The van der Waals surface area contributed by atoms with Gasteiger partial charge in [-0.3, -0.25) is 9.67 Å². The Morgan fingerprint density at radius 2 is 2.16 bits per heavy atom. The van der Waals surface area contributed by atoms with E-state index in [2.05, 4.69) is 37.7 Å². The number of thiophene rings is 1. The molecule has 0 radical (unpaired) electrons.